The zero-order valence-electron chi connectivity index (χ0n) is 15.4. The van der Waals surface area contributed by atoms with Crippen LogP contribution in [-0.4, -0.2) is 50.8 Å². The number of rotatable bonds is 6. The number of amides is 2. The minimum absolute atomic E-state index is 0.0729. The van der Waals surface area contributed by atoms with Crippen molar-refractivity contribution in [2.75, 3.05) is 17.2 Å². The van der Waals surface area contributed by atoms with Gasteiger partial charge in [0, 0.05) is 30.0 Å². The average molecular weight is 366 g/mol. The van der Waals surface area contributed by atoms with Crippen molar-refractivity contribution >= 4 is 23.6 Å². The van der Waals surface area contributed by atoms with Crippen LogP contribution < -0.4 is 10.6 Å². The monoisotopic (exact) mass is 366 g/mol. The number of hydrogen-bond acceptors (Lipinski definition) is 7. The molecule has 0 spiro atoms. The number of aliphatic hydroxyl groups excluding tert-OH is 2. The maximum absolute atomic E-state index is 12.1. The van der Waals surface area contributed by atoms with Crippen molar-refractivity contribution in [2.24, 2.45) is 11.8 Å². The highest BCUT2D eigenvalue weighted by Crippen LogP contribution is 2.36. The molecule has 9 nitrogen and oxygen atoms in total. The molecule has 1 aliphatic heterocycles. The van der Waals surface area contributed by atoms with Gasteiger partial charge in [-0.3, -0.25) is 14.9 Å². The summed E-state index contributed by atoms with van der Waals surface area (Å²) in [6, 6.07) is 0. The minimum atomic E-state index is -0.820. The smallest absolute Gasteiger partial charge is 0.231 e. The molecule has 0 aliphatic carbocycles. The van der Waals surface area contributed by atoms with Crippen LogP contribution >= 0.6 is 0 Å². The van der Waals surface area contributed by atoms with Crippen LogP contribution in [0.2, 0.25) is 0 Å². The van der Waals surface area contributed by atoms with E-state index in [9.17, 15) is 19.8 Å². The van der Waals surface area contributed by atoms with Gasteiger partial charge in [-0.2, -0.15) is 4.98 Å². The van der Waals surface area contributed by atoms with E-state index in [0.29, 0.717) is 5.56 Å². The van der Waals surface area contributed by atoms with Crippen molar-refractivity contribution in [1.82, 2.24) is 9.97 Å². The van der Waals surface area contributed by atoms with Gasteiger partial charge >= 0.3 is 0 Å². The van der Waals surface area contributed by atoms with Gasteiger partial charge in [0.15, 0.2) is 0 Å². The lowest BCUT2D eigenvalue weighted by atomic mass is 10.1. The second kappa shape index (κ2) is 8.52. The summed E-state index contributed by atoms with van der Waals surface area (Å²) < 4.78 is 5.63. The summed E-state index contributed by atoms with van der Waals surface area (Å²) in [6.45, 7) is 6.67. The third-order valence-electron chi connectivity index (χ3n) is 4.09. The highest BCUT2D eigenvalue weighted by atomic mass is 16.5. The molecule has 2 heterocycles. The van der Waals surface area contributed by atoms with E-state index in [-0.39, 0.29) is 48.4 Å². The Bertz CT molecular complexity index is 665. The Morgan fingerprint density at radius 3 is 2.38 bits per heavy atom. The second-order valence-electron chi connectivity index (χ2n) is 6.93. The Kier molecular flexibility index (Phi) is 6.63. The summed E-state index contributed by atoms with van der Waals surface area (Å²) in [5.41, 5.74) is 0.483. The van der Waals surface area contributed by atoms with Crippen LogP contribution in [0.1, 0.15) is 45.8 Å². The molecule has 2 amide bonds. The van der Waals surface area contributed by atoms with Crippen LogP contribution in [0.5, 0.6) is 0 Å². The largest absolute Gasteiger partial charge is 0.394 e. The van der Waals surface area contributed by atoms with Crippen LogP contribution in [0.15, 0.2) is 6.20 Å². The van der Waals surface area contributed by atoms with E-state index < -0.39 is 18.3 Å². The Morgan fingerprint density at radius 1 is 1.23 bits per heavy atom. The van der Waals surface area contributed by atoms with Gasteiger partial charge in [-0.15, -0.1) is 0 Å². The first-order valence-electron chi connectivity index (χ1n) is 8.66. The number of nitrogens with zero attached hydrogens (tertiary/aromatic N) is 2. The summed E-state index contributed by atoms with van der Waals surface area (Å²) in [7, 11) is 0. The number of aromatic nitrogens is 2. The van der Waals surface area contributed by atoms with Crippen LogP contribution in [0.25, 0.3) is 0 Å². The standard InChI is InChI=1S/C17H26N4O5/c1-8(2)15(24)19-14-10(12-5-11(23)13(7-22)26-12)6-18-17(20-14)21-16(25)9(3)4/h6,8-9,11-13,22-23H,5,7H2,1-4H3,(H2,18,19,20,21,24,25)/t11-,12?,13+/m0/s1. The molecule has 144 valence electrons. The van der Waals surface area contributed by atoms with E-state index in [2.05, 4.69) is 20.6 Å². The van der Waals surface area contributed by atoms with E-state index in [1.165, 1.54) is 6.20 Å². The zero-order valence-corrected chi connectivity index (χ0v) is 15.4. The molecule has 1 aliphatic rings. The molecule has 0 radical (unpaired) electrons. The van der Waals surface area contributed by atoms with Crippen LogP contribution in [0.4, 0.5) is 11.8 Å². The molecule has 3 atom stereocenters. The van der Waals surface area contributed by atoms with E-state index in [4.69, 9.17) is 4.74 Å². The fraction of sp³-hybridized carbons (Fsp3) is 0.647. The molecule has 1 unspecified atom stereocenters. The van der Waals surface area contributed by atoms with Crippen molar-refractivity contribution in [1.29, 1.82) is 0 Å². The molecule has 0 saturated carbocycles. The lowest BCUT2D eigenvalue weighted by Gasteiger charge is -2.17. The molecule has 0 aromatic carbocycles. The first-order valence-corrected chi connectivity index (χ1v) is 8.66. The highest BCUT2D eigenvalue weighted by molar-refractivity contribution is 5.93. The van der Waals surface area contributed by atoms with E-state index in [0.717, 1.165) is 0 Å². The number of anilines is 2. The molecule has 4 N–H and O–H groups in total. The van der Waals surface area contributed by atoms with Gasteiger partial charge in [0.25, 0.3) is 0 Å². The maximum Gasteiger partial charge on any atom is 0.231 e. The molecule has 1 fully saturated rings. The van der Waals surface area contributed by atoms with Crippen molar-refractivity contribution in [2.45, 2.75) is 52.4 Å². The topological polar surface area (TPSA) is 134 Å². The zero-order chi connectivity index (χ0) is 19.4. The Morgan fingerprint density at radius 2 is 1.85 bits per heavy atom. The van der Waals surface area contributed by atoms with Gasteiger partial charge in [0.2, 0.25) is 17.8 Å². The number of aliphatic hydroxyl groups is 2. The number of carbonyl (C=O) groups excluding carboxylic acids is 2. The second-order valence-corrected chi connectivity index (χ2v) is 6.93. The van der Waals surface area contributed by atoms with Crippen LogP contribution in [0, 0.1) is 11.8 Å². The van der Waals surface area contributed by atoms with Gasteiger partial charge in [0.1, 0.15) is 11.9 Å². The Hall–Kier alpha value is -2.10. The molecule has 1 aromatic heterocycles. The first-order chi connectivity index (χ1) is 12.2. The summed E-state index contributed by atoms with van der Waals surface area (Å²) in [5, 5.41) is 24.5. The van der Waals surface area contributed by atoms with Crippen molar-refractivity contribution in [3.05, 3.63) is 11.8 Å². The summed E-state index contributed by atoms with van der Waals surface area (Å²) in [5.74, 6) is -0.718. The molecule has 9 heteroatoms. The van der Waals surface area contributed by atoms with Crippen LogP contribution in [-0.2, 0) is 14.3 Å². The summed E-state index contributed by atoms with van der Waals surface area (Å²) in [6.07, 6.45) is -0.389. The quantitative estimate of drug-likeness (QED) is 0.586. The molecular weight excluding hydrogens is 340 g/mol. The van der Waals surface area contributed by atoms with Crippen molar-refractivity contribution in [3.63, 3.8) is 0 Å². The summed E-state index contributed by atoms with van der Waals surface area (Å²) >= 11 is 0. The number of ether oxygens (including phenoxy) is 1. The molecule has 26 heavy (non-hydrogen) atoms. The molecule has 1 saturated heterocycles. The lowest BCUT2D eigenvalue weighted by molar-refractivity contribution is -0.119. The number of nitrogens with one attached hydrogen (secondary N) is 2. The fourth-order valence-corrected chi connectivity index (χ4v) is 2.40. The first kappa shape index (κ1) is 20.2. The highest BCUT2D eigenvalue weighted by Gasteiger charge is 2.36. The third-order valence-corrected chi connectivity index (χ3v) is 4.09. The van der Waals surface area contributed by atoms with E-state index in [1.807, 2.05) is 0 Å². The molecule has 2 rings (SSSR count). The normalized spacial score (nSPS) is 22.7. The molecular formula is C17H26N4O5. The lowest BCUT2D eigenvalue weighted by Crippen LogP contribution is -2.24. The van der Waals surface area contributed by atoms with Crippen molar-refractivity contribution < 1.29 is 24.5 Å². The molecule has 1 aromatic rings. The predicted octanol–water partition coefficient (Wildman–Crippen LogP) is 0.849. The van der Waals surface area contributed by atoms with Gasteiger partial charge in [0.05, 0.1) is 18.8 Å². The third kappa shape index (κ3) is 4.75. The Labute approximate surface area is 152 Å². The van der Waals surface area contributed by atoms with Gasteiger partial charge in [-0.25, -0.2) is 4.98 Å². The summed E-state index contributed by atoms with van der Waals surface area (Å²) in [4.78, 5) is 32.3. The average Bonchev–Trinajstić information content (AvgIpc) is 2.95. The predicted molar refractivity (Wildman–Crippen MR) is 94.3 cm³/mol. The van der Waals surface area contributed by atoms with Gasteiger partial charge < -0.3 is 20.3 Å². The Balaban J connectivity index is 2.31. The van der Waals surface area contributed by atoms with Gasteiger partial charge in [-0.1, -0.05) is 27.7 Å². The van der Waals surface area contributed by atoms with Crippen molar-refractivity contribution in [3.8, 4) is 0 Å². The van der Waals surface area contributed by atoms with Gasteiger partial charge in [-0.05, 0) is 0 Å². The molecule has 0 bridgehead atoms. The maximum atomic E-state index is 12.1. The fourth-order valence-electron chi connectivity index (χ4n) is 2.40. The SMILES string of the molecule is CC(C)C(=O)Nc1ncc(C2C[C@H](O)[C@@H](CO)O2)c(NC(=O)C(C)C)n1. The number of carbonyl (C=O) groups is 2. The number of hydrogen-bond donors (Lipinski definition) is 4. The minimum Gasteiger partial charge on any atom is -0.394 e. The van der Waals surface area contributed by atoms with E-state index in [1.54, 1.807) is 27.7 Å². The van der Waals surface area contributed by atoms with Crippen LogP contribution in [0.3, 0.4) is 0 Å². The van der Waals surface area contributed by atoms with E-state index >= 15 is 0 Å².